The zero-order chi connectivity index (χ0) is 18.5. The molecule has 2 aliphatic rings. The molecular weight excluding hydrogens is 318 g/mol. The molecule has 25 heavy (non-hydrogen) atoms. The maximum atomic E-state index is 13.1. The summed E-state index contributed by atoms with van der Waals surface area (Å²) in [6.45, 7) is 8.14. The molecule has 0 aliphatic heterocycles. The number of Topliss-reactive ketones (excluding diaryl/α,β-unsaturated/α-hetero) is 1. The second-order valence-electron chi connectivity index (χ2n) is 7.89. The Morgan fingerprint density at radius 1 is 1.12 bits per heavy atom. The zero-order valence-corrected chi connectivity index (χ0v) is 15.3. The molecule has 3 rings (SSSR count). The molecule has 1 aromatic carbocycles. The van der Waals surface area contributed by atoms with E-state index >= 15 is 0 Å². The number of ketones is 1. The van der Waals surface area contributed by atoms with Gasteiger partial charge in [0.1, 0.15) is 5.78 Å². The average Bonchev–Trinajstić information content (AvgIpc) is 2.86. The molecule has 0 radical (unpaired) electrons. The van der Waals surface area contributed by atoms with Crippen molar-refractivity contribution in [2.24, 2.45) is 16.2 Å². The van der Waals surface area contributed by atoms with E-state index in [0.717, 1.165) is 12.8 Å². The standard InChI is InChI=1S/C20H25NO4/c1-5-25-16(23)13-6-8-14(9-7-13)21-17(24)20-11-10-19(4,15(22)12-20)18(20,2)3/h6-9H,5,10-12H2,1-4H3,(H,21,24)/t19-,20+/m0/s1. The van der Waals surface area contributed by atoms with Crippen molar-refractivity contribution in [3.8, 4) is 0 Å². The number of hydrogen-bond acceptors (Lipinski definition) is 4. The van der Waals surface area contributed by atoms with Crippen LogP contribution >= 0.6 is 0 Å². The number of ether oxygens (including phenoxy) is 1. The summed E-state index contributed by atoms with van der Waals surface area (Å²) in [4.78, 5) is 37.2. The van der Waals surface area contributed by atoms with E-state index in [4.69, 9.17) is 4.74 Å². The first kappa shape index (κ1) is 17.6. The zero-order valence-electron chi connectivity index (χ0n) is 15.3. The monoisotopic (exact) mass is 343 g/mol. The Hall–Kier alpha value is -2.17. The van der Waals surface area contributed by atoms with E-state index in [9.17, 15) is 14.4 Å². The molecule has 5 nitrogen and oxygen atoms in total. The molecule has 0 saturated heterocycles. The van der Waals surface area contributed by atoms with Crippen LogP contribution in [0.1, 0.15) is 57.3 Å². The molecule has 1 N–H and O–H groups in total. The highest BCUT2D eigenvalue weighted by Crippen LogP contribution is 2.70. The highest BCUT2D eigenvalue weighted by molar-refractivity contribution is 6.04. The second kappa shape index (κ2) is 5.68. The van der Waals surface area contributed by atoms with Crippen molar-refractivity contribution < 1.29 is 19.1 Å². The van der Waals surface area contributed by atoms with Gasteiger partial charge in [0.25, 0.3) is 0 Å². The molecule has 2 saturated carbocycles. The highest BCUT2D eigenvalue weighted by Gasteiger charge is 2.72. The van der Waals surface area contributed by atoms with Gasteiger partial charge in [0.2, 0.25) is 5.91 Å². The van der Waals surface area contributed by atoms with Crippen molar-refractivity contribution >= 4 is 23.3 Å². The largest absolute Gasteiger partial charge is 0.462 e. The summed E-state index contributed by atoms with van der Waals surface area (Å²) in [6, 6.07) is 6.65. The fraction of sp³-hybridized carbons (Fsp3) is 0.550. The molecule has 2 aliphatic carbocycles. The van der Waals surface area contributed by atoms with Crippen molar-refractivity contribution in [2.45, 2.75) is 47.0 Å². The molecule has 2 bridgehead atoms. The summed E-state index contributed by atoms with van der Waals surface area (Å²) >= 11 is 0. The van der Waals surface area contributed by atoms with Gasteiger partial charge in [0.05, 0.1) is 17.6 Å². The van der Waals surface area contributed by atoms with E-state index in [1.165, 1.54) is 0 Å². The van der Waals surface area contributed by atoms with Crippen LogP contribution < -0.4 is 5.32 Å². The Balaban J connectivity index is 1.79. The Labute approximate surface area is 148 Å². The summed E-state index contributed by atoms with van der Waals surface area (Å²) in [7, 11) is 0. The number of rotatable bonds is 4. The number of carbonyl (C=O) groups is 3. The normalized spacial score (nSPS) is 29.5. The predicted molar refractivity (Wildman–Crippen MR) is 94.2 cm³/mol. The summed E-state index contributed by atoms with van der Waals surface area (Å²) in [5.74, 6) is -0.291. The summed E-state index contributed by atoms with van der Waals surface area (Å²) in [5.41, 5.74) is -0.373. The Kier molecular flexibility index (Phi) is 4.01. The third-order valence-corrected chi connectivity index (χ3v) is 6.79. The van der Waals surface area contributed by atoms with Crippen LogP contribution in [0.3, 0.4) is 0 Å². The van der Waals surface area contributed by atoms with Gasteiger partial charge in [0, 0.05) is 17.5 Å². The van der Waals surface area contributed by atoms with Crippen LogP contribution in [0.4, 0.5) is 5.69 Å². The van der Waals surface area contributed by atoms with E-state index in [0.29, 0.717) is 24.3 Å². The van der Waals surface area contributed by atoms with Crippen LogP contribution in [-0.2, 0) is 14.3 Å². The minimum atomic E-state index is -0.654. The van der Waals surface area contributed by atoms with Gasteiger partial charge in [-0.1, -0.05) is 20.8 Å². The Morgan fingerprint density at radius 3 is 2.24 bits per heavy atom. The van der Waals surface area contributed by atoms with Crippen molar-refractivity contribution in [3.05, 3.63) is 29.8 Å². The average molecular weight is 343 g/mol. The lowest BCUT2D eigenvalue weighted by molar-refractivity contribution is -0.131. The molecule has 2 fully saturated rings. The maximum Gasteiger partial charge on any atom is 0.338 e. The number of fused-ring (bicyclic) bond motifs is 2. The Bertz CT molecular complexity index is 737. The van der Waals surface area contributed by atoms with Crippen LogP contribution in [0.5, 0.6) is 0 Å². The fourth-order valence-electron chi connectivity index (χ4n) is 4.52. The van der Waals surface area contributed by atoms with Gasteiger partial charge in [-0.2, -0.15) is 0 Å². The predicted octanol–water partition coefficient (Wildman–Crippen LogP) is 3.59. The molecule has 0 aromatic heterocycles. The SMILES string of the molecule is CCOC(=O)c1ccc(NC(=O)[C@@]23CC[C@@](C)(C(=O)C2)C3(C)C)cc1. The van der Waals surface area contributed by atoms with E-state index in [1.807, 2.05) is 20.8 Å². The van der Waals surface area contributed by atoms with E-state index in [1.54, 1.807) is 31.2 Å². The first-order chi connectivity index (χ1) is 11.7. The van der Waals surface area contributed by atoms with Gasteiger partial charge in [0.15, 0.2) is 0 Å². The number of hydrogen-bond donors (Lipinski definition) is 1. The minimum Gasteiger partial charge on any atom is -0.462 e. The summed E-state index contributed by atoms with van der Waals surface area (Å²) < 4.78 is 4.96. The van der Waals surface area contributed by atoms with Gasteiger partial charge in [-0.25, -0.2) is 4.79 Å². The molecule has 1 amide bonds. The minimum absolute atomic E-state index is 0.101. The van der Waals surface area contributed by atoms with Crippen LogP contribution in [0, 0.1) is 16.2 Å². The highest BCUT2D eigenvalue weighted by atomic mass is 16.5. The van der Waals surface area contributed by atoms with Crippen molar-refractivity contribution in [3.63, 3.8) is 0 Å². The van der Waals surface area contributed by atoms with E-state index in [2.05, 4.69) is 5.32 Å². The third kappa shape index (κ3) is 2.32. The number of carbonyl (C=O) groups excluding carboxylic acids is 3. The number of nitrogens with one attached hydrogen (secondary N) is 1. The smallest absolute Gasteiger partial charge is 0.338 e. The third-order valence-electron chi connectivity index (χ3n) is 6.79. The van der Waals surface area contributed by atoms with Crippen LogP contribution in [0.25, 0.3) is 0 Å². The van der Waals surface area contributed by atoms with Crippen molar-refractivity contribution in [1.29, 1.82) is 0 Å². The first-order valence-electron chi connectivity index (χ1n) is 8.80. The Morgan fingerprint density at radius 2 is 1.76 bits per heavy atom. The van der Waals surface area contributed by atoms with Gasteiger partial charge < -0.3 is 10.1 Å². The number of esters is 1. The van der Waals surface area contributed by atoms with Crippen LogP contribution in [0.15, 0.2) is 24.3 Å². The van der Waals surface area contributed by atoms with Gasteiger partial charge in [-0.3, -0.25) is 9.59 Å². The molecular formula is C20H25NO4. The number of amides is 1. The van der Waals surface area contributed by atoms with Gasteiger partial charge in [-0.15, -0.1) is 0 Å². The maximum absolute atomic E-state index is 13.1. The molecule has 5 heteroatoms. The quantitative estimate of drug-likeness (QED) is 0.848. The van der Waals surface area contributed by atoms with E-state index < -0.39 is 10.8 Å². The van der Waals surface area contributed by atoms with Gasteiger partial charge >= 0.3 is 5.97 Å². The van der Waals surface area contributed by atoms with Crippen molar-refractivity contribution in [2.75, 3.05) is 11.9 Å². The molecule has 134 valence electrons. The van der Waals surface area contributed by atoms with Crippen molar-refractivity contribution in [1.82, 2.24) is 0 Å². The van der Waals surface area contributed by atoms with Crippen LogP contribution in [-0.4, -0.2) is 24.3 Å². The summed E-state index contributed by atoms with van der Waals surface area (Å²) in [5, 5.41) is 2.95. The first-order valence-corrected chi connectivity index (χ1v) is 8.80. The lowest BCUT2D eigenvalue weighted by Crippen LogP contribution is -2.43. The molecule has 0 unspecified atom stereocenters. The number of anilines is 1. The molecule has 2 atom stereocenters. The lowest BCUT2D eigenvalue weighted by atomic mass is 9.64. The van der Waals surface area contributed by atoms with E-state index in [-0.39, 0.29) is 23.1 Å². The topological polar surface area (TPSA) is 72.5 Å². The molecule has 0 spiro atoms. The fourth-order valence-corrected chi connectivity index (χ4v) is 4.52. The number of benzene rings is 1. The van der Waals surface area contributed by atoms with Crippen LogP contribution in [0.2, 0.25) is 0 Å². The summed E-state index contributed by atoms with van der Waals surface area (Å²) in [6.07, 6.45) is 1.80. The molecule has 1 aromatic rings. The van der Waals surface area contributed by atoms with Gasteiger partial charge in [-0.05, 0) is 49.4 Å². The second-order valence-corrected chi connectivity index (χ2v) is 7.89. The lowest BCUT2D eigenvalue weighted by Gasteiger charge is -2.38. The molecule has 0 heterocycles.